The van der Waals surface area contributed by atoms with Gasteiger partial charge in [0, 0.05) is 17.7 Å². The highest BCUT2D eigenvalue weighted by Crippen LogP contribution is 2.43. The molecule has 0 bridgehead atoms. The van der Waals surface area contributed by atoms with Crippen molar-refractivity contribution in [1.82, 2.24) is 5.32 Å². The third kappa shape index (κ3) is 3.72. The number of rotatable bonds is 6. The second kappa shape index (κ2) is 8.17. The lowest BCUT2D eigenvalue weighted by Crippen LogP contribution is -2.32. The van der Waals surface area contributed by atoms with E-state index in [2.05, 4.69) is 17.4 Å². The Morgan fingerprint density at radius 1 is 0.929 bits per heavy atom. The number of hydrogen-bond acceptors (Lipinski definition) is 3. The van der Waals surface area contributed by atoms with E-state index in [0.717, 1.165) is 41.2 Å². The molecule has 1 N–H and O–H groups in total. The van der Waals surface area contributed by atoms with E-state index in [-0.39, 0.29) is 11.8 Å². The van der Waals surface area contributed by atoms with Crippen LogP contribution in [0, 0.1) is 0 Å². The Kier molecular flexibility index (Phi) is 5.29. The predicted octanol–water partition coefficient (Wildman–Crippen LogP) is 4.68. The summed E-state index contributed by atoms with van der Waals surface area (Å²) in [6.07, 6.45) is 1.79. The lowest BCUT2D eigenvalue weighted by Gasteiger charge is -2.27. The van der Waals surface area contributed by atoms with Crippen LogP contribution in [0.25, 0.3) is 0 Å². The second-order valence-corrected chi connectivity index (χ2v) is 6.85. The SMILES string of the molecule is COc1ccc(CCCNC(=O)C2c3ccccc3Oc3ccccc32)cc1. The Labute approximate surface area is 165 Å². The number of para-hydroxylation sites is 2. The molecule has 0 spiro atoms. The van der Waals surface area contributed by atoms with Crippen LogP contribution in [-0.2, 0) is 11.2 Å². The number of benzene rings is 3. The third-order valence-corrected chi connectivity index (χ3v) is 5.04. The van der Waals surface area contributed by atoms with E-state index in [9.17, 15) is 4.79 Å². The van der Waals surface area contributed by atoms with Crippen molar-refractivity contribution in [3.05, 3.63) is 89.5 Å². The third-order valence-electron chi connectivity index (χ3n) is 5.04. The van der Waals surface area contributed by atoms with Crippen LogP contribution in [0.5, 0.6) is 17.2 Å². The largest absolute Gasteiger partial charge is 0.497 e. The molecule has 0 fully saturated rings. The van der Waals surface area contributed by atoms with Gasteiger partial charge in [0.1, 0.15) is 17.2 Å². The highest BCUT2D eigenvalue weighted by atomic mass is 16.5. The van der Waals surface area contributed by atoms with E-state index >= 15 is 0 Å². The second-order valence-electron chi connectivity index (χ2n) is 6.85. The molecule has 142 valence electrons. The predicted molar refractivity (Wildman–Crippen MR) is 109 cm³/mol. The van der Waals surface area contributed by atoms with Gasteiger partial charge in [0.05, 0.1) is 13.0 Å². The molecule has 3 aromatic carbocycles. The van der Waals surface area contributed by atoms with Gasteiger partial charge in [0.2, 0.25) is 5.91 Å². The molecule has 1 aliphatic rings. The van der Waals surface area contributed by atoms with E-state index in [4.69, 9.17) is 9.47 Å². The quantitative estimate of drug-likeness (QED) is 0.638. The summed E-state index contributed by atoms with van der Waals surface area (Å²) < 4.78 is 11.2. The Hall–Kier alpha value is -3.27. The molecular formula is C24H23NO3. The van der Waals surface area contributed by atoms with Crippen molar-refractivity contribution < 1.29 is 14.3 Å². The van der Waals surface area contributed by atoms with E-state index in [1.54, 1.807) is 7.11 Å². The molecule has 0 unspecified atom stereocenters. The number of ether oxygens (including phenoxy) is 2. The van der Waals surface area contributed by atoms with Gasteiger partial charge in [-0.05, 0) is 42.7 Å². The van der Waals surface area contributed by atoms with E-state index < -0.39 is 0 Å². The van der Waals surface area contributed by atoms with Crippen molar-refractivity contribution in [2.45, 2.75) is 18.8 Å². The fourth-order valence-electron chi connectivity index (χ4n) is 3.59. The van der Waals surface area contributed by atoms with Crippen molar-refractivity contribution >= 4 is 5.91 Å². The maximum Gasteiger partial charge on any atom is 0.232 e. The minimum atomic E-state index is -0.345. The average Bonchev–Trinajstić information content (AvgIpc) is 2.75. The first-order chi connectivity index (χ1) is 13.8. The first kappa shape index (κ1) is 18.1. The molecule has 4 rings (SSSR count). The van der Waals surface area contributed by atoms with Gasteiger partial charge in [-0.15, -0.1) is 0 Å². The zero-order valence-electron chi connectivity index (χ0n) is 15.9. The molecule has 0 saturated carbocycles. The van der Waals surface area contributed by atoms with Gasteiger partial charge < -0.3 is 14.8 Å². The van der Waals surface area contributed by atoms with E-state index in [1.165, 1.54) is 5.56 Å². The van der Waals surface area contributed by atoms with Gasteiger partial charge in [-0.3, -0.25) is 4.79 Å². The molecule has 0 aromatic heterocycles. The van der Waals surface area contributed by atoms with Crippen molar-refractivity contribution in [2.24, 2.45) is 0 Å². The van der Waals surface area contributed by atoms with Crippen LogP contribution < -0.4 is 14.8 Å². The van der Waals surface area contributed by atoms with Crippen molar-refractivity contribution in [1.29, 1.82) is 0 Å². The summed E-state index contributed by atoms with van der Waals surface area (Å²) >= 11 is 0. The summed E-state index contributed by atoms with van der Waals surface area (Å²) in [5, 5.41) is 3.11. The van der Waals surface area contributed by atoms with Crippen molar-refractivity contribution in [3.63, 3.8) is 0 Å². The highest BCUT2D eigenvalue weighted by molar-refractivity contribution is 5.89. The number of nitrogens with one attached hydrogen (secondary N) is 1. The summed E-state index contributed by atoms with van der Waals surface area (Å²) in [7, 11) is 1.66. The van der Waals surface area contributed by atoms with Gasteiger partial charge in [0.25, 0.3) is 0 Å². The zero-order chi connectivity index (χ0) is 19.3. The summed E-state index contributed by atoms with van der Waals surface area (Å²) in [6, 6.07) is 23.5. The number of hydrogen-bond donors (Lipinski definition) is 1. The minimum Gasteiger partial charge on any atom is -0.497 e. The number of aryl methyl sites for hydroxylation is 1. The van der Waals surface area contributed by atoms with Crippen molar-refractivity contribution in [3.8, 4) is 17.2 Å². The van der Waals surface area contributed by atoms with Crippen LogP contribution in [0.4, 0.5) is 0 Å². The standard InChI is InChI=1S/C24H23NO3/c1-27-18-14-12-17(13-15-18)7-6-16-25-24(26)23-19-8-2-4-10-21(19)28-22-11-5-3-9-20(22)23/h2-5,8-15,23H,6-7,16H2,1H3,(H,25,26). The number of methoxy groups -OCH3 is 1. The van der Waals surface area contributed by atoms with Crippen molar-refractivity contribution in [2.75, 3.05) is 13.7 Å². The Morgan fingerprint density at radius 2 is 1.54 bits per heavy atom. The topological polar surface area (TPSA) is 47.6 Å². The molecule has 1 heterocycles. The number of amides is 1. The molecule has 0 saturated heterocycles. The summed E-state index contributed by atoms with van der Waals surface area (Å²) in [5.74, 6) is 2.02. The van der Waals surface area contributed by atoms with Crippen LogP contribution in [0.3, 0.4) is 0 Å². The summed E-state index contributed by atoms with van der Waals surface area (Å²) in [6.45, 7) is 0.632. The lowest BCUT2D eigenvalue weighted by molar-refractivity contribution is -0.121. The molecular weight excluding hydrogens is 350 g/mol. The monoisotopic (exact) mass is 373 g/mol. The number of fused-ring (bicyclic) bond motifs is 2. The first-order valence-electron chi connectivity index (χ1n) is 9.52. The normalized spacial score (nSPS) is 12.5. The van der Waals surface area contributed by atoms with Gasteiger partial charge in [-0.1, -0.05) is 48.5 Å². The number of carbonyl (C=O) groups excluding carboxylic acids is 1. The maximum atomic E-state index is 13.0. The fourth-order valence-corrected chi connectivity index (χ4v) is 3.59. The smallest absolute Gasteiger partial charge is 0.232 e. The van der Waals surface area contributed by atoms with E-state index in [0.29, 0.717) is 6.54 Å². The highest BCUT2D eigenvalue weighted by Gasteiger charge is 2.31. The summed E-state index contributed by atoms with van der Waals surface area (Å²) in [5.41, 5.74) is 3.06. The van der Waals surface area contributed by atoms with Crippen LogP contribution >= 0.6 is 0 Å². The first-order valence-corrected chi connectivity index (χ1v) is 9.52. The molecule has 0 aliphatic carbocycles. The number of carbonyl (C=O) groups is 1. The average molecular weight is 373 g/mol. The lowest BCUT2D eigenvalue weighted by atomic mass is 9.87. The molecule has 0 radical (unpaired) electrons. The van der Waals surface area contributed by atoms with Crippen LogP contribution in [-0.4, -0.2) is 19.6 Å². The Balaban J connectivity index is 1.42. The fraction of sp³-hybridized carbons (Fsp3) is 0.208. The Morgan fingerprint density at radius 3 is 2.14 bits per heavy atom. The molecule has 0 atom stereocenters. The molecule has 1 amide bonds. The molecule has 4 nitrogen and oxygen atoms in total. The summed E-state index contributed by atoms with van der Waals surface area (Å²) in [4.78, 5) is 13.0. The van der Waals surface area contributed by atoms with Gasteiger partial charge in [-0.2, -0.15) is 0 Å². The van der Waals surface area contributed by atoms with Gasteiger partial charge in [-0.25, -0.2) is 0 Å². The molecule has 28 heavy (non-hydrogen) atoms. The molecule has 3 aromatic rings. The minimum absolute atomic E-state index is 0.0120. The van der Waals surface area contributed by atoms with Gasteiger partial charge >= 0.3 is 0 Å². The van der Waals surface area contributed by atoms with E-state index in [1.807, 2.05) is 60.7 Å². The van der Waals surface area contributed by atoms with Crippen LogP contribution in [0.1, 0.15) is 29.0 Å². The maximum absolute atomic E-state index is 13.0. The molecule has 4 heteroatoms. The van der Waals surface area contributed by atoms with Crippen LogP contribution in [0.2, 0.25) is 0 Å². The van der Waals surface area contributed by atoms with Gasteiger partial charge in [0.15, 0.2) is 0 Å². The van der Waals surface area contributed by atoms with Crippen LogP contribution in [0.15, 0.2) is 72.8 Å². The zero-order valence-corrected chi connectivity index (χ0v) is 15.9. The molecule has 1 aliphatic heterocycles. The Bertz CT molecular complexity index is 920.